The van der Waals surface area contributed by atoms with Crippen molar-refractivity contribution in [2.24, 2.45) is 7.05 Å². The van der Waals surface area contributed by atoms with Gasteiger partial charge in [0.05, 0.1) is 12.7 Å². The van der Waals surface area contributed by atoms with E-state index >= 15 is 0 Å². The fourth-order valence-electron chi connectivity index (χ4n) is 3.21. The fourth-order valence-corrected chi connectivity index (χ4v) is 3.36. The van der Waals surface area contributed by atoms with E-state index in [1.807, 2.05) is 29.8 Å². The van der Waals surface area contributed by atoms with Gasteiger partial charge in [-0.3, -0.25) is 9.69 Å². The molecular formula is C19H25ClN4O. The average Bonchev–Trinajstić information content (AvgIpc) is 2.95. The number of aryl methyl sites for hydroxylation is 1. The second kappa shape index (κ2) is 8.50. The molecule has 1 aliphatic rings. The molecule has 1 fully saturated rings. The number of nitrogens with one attached hydrogen (secondary N) is 1. The van der Waals surface area contributed by atoms with Gasteiger partial charge in [0.2, 0.25) is 5.91 Å². The van der Waals surface area contributed by atoms with E-state index in [2.05, 4.69) is 27.3 Å². The topological polar surface area (TPSA) is 50.2 Å². The summed E-state index contributed by atoms with van der Waals surface area (Å²) in [7, 11) is 1.93. The van der Waals surface area contributed by atoms with Crippen molar-refractivity contribution in [2.75, 3.05) is 13.1 Å². The Labute approximate surface area is 154 Å². The van der Waals surface area contributed by atoms with E-state index in [1.54, 1.807) is 6.20 Å². The van der Waals surface area contributed by atoms with Crippen LogP contribution in [0.4, 0.5) is 0 Å². The third-order valence-electron chi connectivity index (χ3n) is 4.83. The lowest BCUT2D eigenvalue weighted by Crippen LogP contribution is -2.44. The minimum Gasteiger partial charge on any atom is -0.353 e. The van der Waals surface area contributed by atoms with Gasteiger partial charge in [-0.05, 0) is 24.8 Å². The molecule has 5 nitrogen and oxygen atoms in total. The minimum absolute atomic E-state index is 0.151. The Kier molecular flexibility index (Phi) is 6.10. The Morgan fingerprint density at radius 2 is 2.00 bits per heavy atom. The first-order valence-corrected chi connectivity index (χ1v) is 9.21. The Bertz CT molecular complexity index is 693. The van der Waals surface area contributed by atoms with Gasteiger partial charge in [0.15, 0.2) is 0 Å². The molecule has 1 N–H and O–H groups in total. The molecule has 6 heteroatoms. The van der Waals surface area contributed by atoms with Gasteiger partial charge in [0, 0.05) is 32.6 Å². The van der Waals surface area contributed by atoms with Crippen LogP contribution in [0, 0.1) is 0 Å². The van der Waals surface area contributed by atoms with Crippen LogP contribution in [0.5, 0.6) is 0 Å². The molecule has 2 aromatic rings. The number of rotatable bonds is 6. The number of amides is 1. The molecule has 0 atom stereocenters. The number of benzene rings is 1. The highest BCUT2D eigenvalue weighted by Gasteiger charge is 2.21. The second-order valence-electron chi connectivity index (χ2n) is 6.66. The third-order valence-corrected chi connectivity index (χ3v) is 5.18. The van der Waals surface area contributed by atoms with Crippen LogP contribution >= 0.6 is 11.6 Å². The van der Waals surface area contributed by atoms with Crippen LogP contribution in [0.25, 0.3) is 0 Å². The van der Waals surface area contributed by atoms with Crippen molar-refractivity contribution in [1.29, 1.82) is 0 Å². The van der Waals surface area contributed by atoms with E-state index in [1.165, 1.54) is 5.56 Å². The summed E-state index contributed by atoms with van der Waals surface area (Å²) in [6, 6.07) is 10.4. The lowest BCUT2D eigenvalue weighted by molar-refractivity contribution is -0.122. The zero-order chi connectivity index (χ0) is 17.6. The summed E-state index contributed by atoms with van der Waals surface area (Å²) < 4.78 is 1.92. The fraction of sp³-hybridized carbons (Fsp3) is 0.474. The summed E-state index contributed by atoms with van der Waals surface area (Å²) >= 11 is 6.04. The number of halogens is 1. The van der Waals surface area contributed by atoms with E-state index in [9.17, 15) is 4.79 Å². The van der Waals surface area contributed by atoms with Crippen LogP contribution in [0.2, 0.25) is 5.15 Å². The molecular weight excluding hydrogens is 336 g/mol. The molecule has 25 heavy (non-hydrogen) atoms. The Morgan fingerprint density at radius 1 is 1.28 bits per heavy atom. The molecule has 1 amide bonds. The largest absolute Gasteiger partial charge is 0.353 e. The number of hydrogen-bond acceptors (Lipinski definition) is 3. The predicted octanol–water partition coefficient (Wildman–Crippen LogP) is 2.79. The van der Waals surface area contributed by atoms with E-state index < -0.39 is 0 Å². The lowest BCUT2D eigenvalue weighted by atomic mass is 10.0. The predicted molar refractivity (Wildman–Crippen MR) is 99.4 cm³/mol. The first-order chi connectivity index (χ1) is 12.1. The van der Waals surface area contributed by atoms with Crippen LogP contribution in [0.15, 0.2) is 36.5 Å². The van der Waals surface area contributed by atoms with Crippen molar-refractivity contribution in [3.63, 3.8) is 0 Å². The minimum atomic E-state index is 0.151. The van der Waals surface area contributed by atoms with Gasteiger partial charge in [-0.25, -0.2) is 4.98 Å². The van der Waals surface area contributed by atoms with Crippen molar-refractivity contribution in [3.05, 3.63) is 53.1 Å². The van der Waals surface area contributed by atoms with E-state index in [0.717, 1.165) is 44.7 Å². The van der Waals surface area contributed by atoms with Gasteiger partial charge < -0.3 is 9.88 Å². The van der Waals surface area contributed by atoms with Crippen molar-refractivity contribution in [1.82, 2.24) is 19.8 Å². The van der Waals surface area contributed by atoms with Crippen molar-refractivity contribution in [2.45, 2.75) is 38.3 Å². The number of hydrogen-bond donors (Lipinski definition) is 1. The van der Waals surface area contributed by atoms with Crippen molar-refractivity contribution < 1.29 is 4.79 Å². The molecule has 0 spiro atoms. The number of nitrogens with zero attached hydrogens (tertiary/aromatic N) is 3. The van der Waals surface area contributed by atoms with E-state index in [-0.39, 0.29) is 11.9 Å². The van der Waals surface area contributed by atoms with Gasteiger partial charge >= 0.3 is 0 Å². The van der Waals surface area contributed by atoms with Crippen LogP contribution in [-0.4, -0.2) is 39.5 Å². The zero-order valence-corrected chi connectivity index (χ0v) is 15.4. The normalized spacial score (nSPS) is 16.1. The molecule has 0 radical (unpaired) electrons. The smallest absolute Gasteiger partial charge is 0.220 e. The van der Waals surface area contributed by atoms with E-state index in [0.29, 0.717) is 11.6 Å². The molecule has 1 aromatic carbocycles. The Balaban J connectivity index is 1.38. The maximum Gasteiger partial charge on any atom is 0.220 e. The van der Waals surface area contributed by atoms with Crippen molar-refractivity contribution in [3.8, 4) is 0 Å². The monoisotopic (exact) mass is 360 g/mol. The molecule has 2 heterocycles. The zero-order valence-electron chi connectivity index (χ0n) is 14.6. The van der Waals surface area contributed by atoms with Gasteiger partial charge in [0.1, 0.15) is 11.0 Å². The molecule has 1 aliphatic heterocycles. The van der Waals surface area contributed by atoms with Gasteiger partial charge in [-0.2, -0.15) is 0 Å². The SMILES string of the molecule is Cn1c(Cl)cnc1CN1CCC(NC(=O)CCc2ccccc2)CC1. The van der Waals surface area contributed by atoms with E-state index in [4.69, 9.17) is 11.6 Å². The average molecular weight is 361 g/mol. The molecule has 0 unspecified atom stereocenters. The molecule has 3 rings (SSSR count). The quantitative estimate of drug-likeness (QED) is 0.861. The summed E-state index contributed by atoms with van der Waals surface area (Å²) in [6.45, 7) is 2.74. The van der Waals surface area contributed by atoms with Crippen LogP contribution in [0.1, 0.15) is 30.7 Å². The highest BCUT2D eigenvalue weighted by Crippen LogP contribution is 2.16. The van der Waals surface area contributed by atoms with Gasteiger partial charge in [0.25, 0.3) is 0 Å². The van der Waals surface area contributed by atoms with Crippen LogP contribution in [0.3, 0.4) is 0 Å². The molecule has 1 aromatic heterocycles. The molecule has 0 aliphatic carbocycles. The summed E-state index contributed by atoms with van der Waals surface area (Å²) in [6.07, 6.45) is 5.00. The number of carbonyl (C=O) groups excluding carboxylic acids is 1. The summed E-state index contributed by atoms with van der Waals surface area (Å²) in [5.74, 6) is 1.13. The summed E-state index contributed by atoms with van der Waals surface area (Å²) in [5, 5.41) is 3.84. The highest BCUT2D eigenvalue weighted by atomic mass is 35.5. The van der Waals surface area contributed by atoms with Gasteiger partial charge in [-0.15, -0.1) is 0 Å². The third kappa shape index (κ3) is 5.06. The number of imidazole rings is 1. The maximum absolute atomic E-state index is 12.2. The summed E-state index contributed by atoms with van der Waals surface area (Å²) in [5.41, 5.74) is 1.21. The highest BCUT2D eigenvalue weighted by molar-refractivity contribution is 6.29. The molecule has 0 bridgehead atoms. The number of aromatic nitrogens is 2. The molecule has 1 saturated heterocycles. The van der Waals surface area contributed by atoms with Crippen molar-refractivity contribution >= 4 is 17.5 Å². The first-order valence-electron chi connectivity index (χ1n) is 8.83. The standard InChI is InChI=1S/C19H25ClN4O/c1-23-17(20)13-21-18(23)14-24-11-9-16(10-12-24)22-19(25)8-7-15-5-3-2-4-6-15/h2-6,13,16H,7-12,14H2,1H3,(H,22,25). The summed E-state index contributed by atoms with van der Waals surface area (Å²) in [4.78, 5) is 18.9. The Morgan fingerprint density at radius 3 is 2.64 bits per heavy atom. The lowest BCUT2D eigenvalue weighted by Gasteiger charge is -2.32. The van der Waals surface area contributed by atoms with Gasteiger partial charge in [-0.1, -0.05) is 41.9 Å². The number of likely N-dealkylation sites (tertiary alicyclic amines) is 1. The number of piperidine rings is 1. The second-order valence-corrected chi connectivity index (χ2v) is 7.05. The first kappa shape index (κ1) is 18.0. The van der Waals surface area contributed by atoms with Crippen LogP contribution < -0.4 is 5.32 Å². The number of carbonyl (C=O) groups is 1. The Hall–Kier alpha value is -1.85. The molecule has 134 valence electrons. The maximum atomic E-state index is 12.2. The van der Waals surface area contributed by atoms with Crippen LogP contribution in [-0.2, 0) is 24.8 Å². The molecule has 0 saturated carbocycles.